The molecule has 0 unspecified atom stereocenters. The normalized spacial score (nSPS) is 34.0. The number of piperidine rings is 1. The van der Waals surface area contributed by atoms with E-state index in [4.69, 9.17) is 0 Å². The van der Waals surface area contributed by atoms with E-state index in [0.29, 0.717) is 0 Å². The van der Waals surface area contributed by atoms with E-state index in [1.54, 1.807) is 11.9 Å². The van der Waals surface area contributed by atoms with Crippen molar-refractivity contribution in [1.29, 1.82) is 0 Å². The van der Waals surface area contributed by atoms with Crippen LogP contribution in [0.2, 0.25) is 0 Å². The average molecular weight is 182 g/mol. The molecule has 0 radical (unpaired) electrons. The van der Waals surface area contributed by atoms with E-state index < -0.39 is 5.54 Å². The number of hydrogen-bond donors (Lipinski definition) is 0. The first kappa shape index (κ1) is 8.53. The van der Waals surface area contributed by atoms with E-state index in [1.165, 1.54) is 4.90 Å². The van der Waals surface area contributed by atoms with E-state index in [1.807, 2.05) is 6.92 Å². The molecular weight excluding hydrogens is 168 g/mol. The molecule has 0 spiro atoms. The van der Waals surface area contributed by atoms with Gasteiger partial charge in [-0.2, -0.15) is 0 Å². The van der Waals surface area contributed by atoms with Gasteiger partial charge < -0.3 is 4.90 Å². The van der Waals surface area contributed by atoms with Gasteiger partial charge in [0.1, 0.15) is 5.54 Å². The van der Waals surface area contributed by atoms with Gasteiger partial charge in [0, 0.05) is 13.6 Å². The SMILES string of the molecule is CN1C(=O)N2CCCC[C@@]2(C)C1=O. The zero-order chi connectivity index (χ0) is 9.64. The smallest absolute Gasteiger partial charge is 0.310 e. The van der Waals surface area contributed by atoms with Crippen LogP contribution < -0.4 is 0 Å². The Morgan fingerprint density at radius 2 is 2.00 bits per heavy atom. The minimum atomic E-state index is -0.538. The minimum absolute atomic E-state index is 0.0443. The van der Waals surface area contributed by atoms with Gasteiger partial charge in [-0.1, -0.05) is 0 Å². The van der Waals surface area contributed by atoms with E-state index in [-0.39, 0.29) is 11.9 Å². The molecule has 1 atom stereocenters. The van der Waals surface area contributed by atoms with Crippen LogP contribution in [0.15, 0.2) is 0 Å². The van der Waals surface area contributed by atoms with Gasteiger partial charge in [-0.15, -0.1) is 0 Å². The van der Waals surface area contributed by atoms with Crippen molar-refractivity contribution in [3.8, 4) is 0 Å². The van der Waals surface area contributed by atoms with Gasteiger partial charge in [0.15, 0.2) is 0 Å². The molecule has 2 aliphatic rings. The van der Waals surface area contributed by atoms with Crippen LogP contribution in [0.5, 0.6) is 0 Å². The largest absolute Gasteiger partial charge is 0.327 e. The first-order chi connectivity index (χ1) is 6.07. The van der Waals surface area contributed by atoms with Crippen LogP contribution in [-0.2, 0) is 4.79 Å². The second-order valence-electron chi connectivity index (χ2n) is 4.03. The van der Waals surface area contributed by atoms with Crippen molar-refractivity contribution in [2.24, 2.45) is 0 Å². The average Bonchev–Trinajstić information content (AvgIpc) is 2.29. The first-order valence-corrected chi connectivity index (χ1v) is 4.67. The number of hydrogen-bond acceptors (Lipinski definition) is 2. The van der Waals surface area contributed by atoms with Gasteiger partial charge in [0.25, 0.3) is 5.91 Å². The summed E-state index contributed by atoms with van der Waals surface area (Å²) < 4.78 is 0. The molecule has 0 aromatic carbocycles. The summed E-state index contributed by atoms with van der Waals surface area (Å²) >= 11 is 0. The Kier molecular flexibility index (Phi) is 1.62. The van der Waals surface area contributed by atoms with E-state index in [0.717, 1.165) is 25.8 Å². The number of fused-ring (bicyclic) bond motifs is 1. The molecule has 4 nitrogen and oxygen atoms in total. The second-order valence-corrected chi connectivity index (χ2v) is 4.03. The molecule has 13 heavy (non-hydrogen) atoms. The number of imide groups is 1. The predicted molar refractivity (Wildman–Crippen MR) is 47.1 cm³/mol. The summed E-state index contributed by atoms with van der Waals surface area (Å²) in [6.07, 6.45) is 2.87. The van der Waals surface area contributed by atoms with Gasteiger partial charge >= 0.3 is 6.03 Å². The fourth-order valence-corrected chi connectivity index (χ4v) is 2.28. The van der Waals surface area contributed by atoms with Crippen LogP contribution >= 0.6 is 0 Å². The van der Waals surface area contributed by atoms with Gasteiger partial charge in [0.2, 0.25) is 0 Å². The van der Waals surface area contributed by atoms with Crippen molar-refractivity contribution in [3.05, 3.63) is 0 Å². The summed E-state index contributed by atoms with van der Waals surface area (Å²) in [5.41, 5.74) is -0.538. The third-order valence-corrected chi connectivity index (χ3v) is 3.17. The molecule has 4 heteroatoms. The Hall–Kier alpha value is -1.06. The summed E-state index contributed by atoms with van der Waals surface area (Å²) in [6, 6.07) is -0.132. The molecule has 3 amide bonds. The van der Waals surface area contributed by atoms with Crippen LogP contribution in [0.4, 0.5) is 4.79 Å². The quantitative estimate of drug-likeness (QED) is 0.520. The van der Waals surface area contributed by atoms with Crippen molar-refractivity contribution >= 4 is 11.9 Å². The molecule has 2 rings (SSSR count). The number of nitrogens with zero attached hydrogens (tertiary/aromatic N) is 2. The standard InChI is InChI=1S/C9H14N2O2/c1-9-5-3-4-6-11(9)8(13)10(2)7(9)12/h3-6H2,1-2H3/t9-/m0/s1. The number of likely N-dealkylation sites (N-methyl/N-ethyl adjacent to an activating group) is 1. The van der Waals surface area contributed by atoms with Crippen molar-refractivity contribution in [2.75, 3.05) is 13.6 Å². The lowest BCUT2D eigenvalue weighted by atomic mass is 9.89. The lowest BCUT2D eigenvalue weighted by molar-refractivity contribution is -0.132. The lowest BCUT2D eigenvalue weighted by Crippen LogP contribution is -2.49. The molecule has 0 aromatic rings. The Labute approximate surface area is 77.5 Å². The molecule has 0 saturated carbocycles. The van der Waals surface area contributed by atoms with Gasteiger partial charge in [-0.3, -0.25) is 9.69 Å². The van der Waals surface area contributed by atoms with Gasteiger partial charge in [-0.25, -0.2) is 4.79 Å². The molecule has 0 aromatic heterocycles. The zero-order valence-electron chi connectivity index (χ0n) is 8.04. The fraction of sp³-hybridized carbons (Fsp3) is 0.778. The number of amides is 3. The van der Waals surface area contributed by atoms with Crippen LogP contribution in [0, 0.1) is 0 Å². The topological polar surface area (TPSA) is 40.6 Å². The highest BCUT2D eigenvalue weighted by molar-refractivity contribution is 6.06. The summed E-state index contributed by atoms with van der Waals surface area (Å²) in [5.74, 6) is -0.0443. The molecule has 0 bridgehead atoms. The molecule has 2 fully saturated rings. The molecule has 0 N–H and O–H groups in total. The summed E-state index contributed by atoms with van der Waals surface area (Å²) in [6.45, 7) is 2.60. The maximum atomic E-state index is 11.7. The predicted octanol–water partition coefficient (Wildman–Crippen LogP) is 0.823. The Morgan fingerprint density at radius 1 is 1.31 bits per heavy atom. The van der Waals surface area contributed by atoms with Crippen molar-refractivity contribution in [2.45, 2.75) is 31.7 Å². The minimum Gasteiger partial charge on any atom is -0.310 e. The highest BCUT2D eigenvalue weighted by Gasteiger charge is 2.53. The molecule has 2 aliphatic heterocycles. The number of carbonyl (C=O) groups excluding carboxylic acids is 2. The number of carbonyl (C=O) groups is 2. The van der Waals surface area contributed by atoms with Gasteiger partial charge in [-0.05, 0) is 26.2 Å². The molecule has 2 heterocycles. The third kappa shape index (κ3) is 0.913. The maximum absolute atomic E-state index is 11.7. The Bertz CT molecular complexity index is 277. The summed E-state index contributed by atoms with van der Waals surface area (Å²) in [4.78, 5) is 26.3. The van der Waals surface area contributed by atoms with E-state index in [2.05, 4.69) is 0 Å². The van der Waals surface area contributed by atoms with Crippen molar-refractivity contribution in [3.63, 3.8) is 0 Å². The van der Waals surface area contributed by atoms with E-state index in [9.17, 15) is 9.59 Å². The molecule has 0 aliphatic carbocycles. The monoisotopic (exact) mass is 182 g/mol. The third-order valence-electron chi connectivity index (χ3n) is 3.17. The van der Waals surface area contributed by atoms with Crippen molar-refractivity contribution in [1.82, 2.24) is 9.80 Å². The van der Waals surface area contributed by atoms with Crippen LogP contribution in [0.3, 0.4) is 0 Å². The zero-order valence-corrected chi connectivity index (χ0v) is 8.04. The maximum Gasteiger partial charge on any atom is 0.327 e. The lowest BCUT2D eigenvalue weighted by Gasteiger charge is -2.35. The molecule has 2 saturated heterocycles. The second kappa shape index (κ2) is 2.47. The van der Waals surface area contributed by atoms with Crippen LogP contribution in [-0.4, -0.2) is 40.9 Å². The number of urea groups is 1. The Morgan fingerprint density at radius 3 is 2.62 bits per heavy atom. The highest BCUT2D eigenvalue weighted by atomic mass is 16.2. The fourth-order valence-electron chi connectivity index (χ4n) is 2.28. The summed E-state index contributed by atoms with van der Waals surface area (Å²) in [5, 5.41) is 0. The van der Waals surface area contributed by atoms with Crippen LogP contribution in [0.25, 0.3) is 0 Å². The highest BCUT2D eigenvalue weighted by Crippen LogP contribution is 2.35. The van der Waals surface area contributed by atoms with Crippen molar-refractivity contribution < 1.29 is 9.59 Å². The Balaban J connectivity index is 2.38. The summed E-state index contributed by atoms with van der Waals surface area (Å²) in [7, 11) is 1.56. The molecule has 72 valence electrons. The van der Waals surface area contributed by atoms with E-state index >= 15 is 0 Å². The van der Waals surface area contributed by atoms with Gasteiger partial charge in [0.05, 0.1) is 0 Å². The van der Waals surface area contributed by atoms with Crippen LogP contribution in [0.1, 0.15) is 26.2 Å². The number of rotatable bonds is 0. The first-order valence-electron chi connectivity index (χ1n) is 4.67. The molecular formula is C9H14N2O2.